The second-order valence-corrected chi connectivity index (χ2v) is 28.8. The van der Waals surface area contributed by atoms with Gasteiger partial charge in [-0.15, -0.1) is 0 Å². The summed E-state index contributed by atoms with van der Waals surface area (Å²) in [4.78, 5) is 73.0. The molecule has 0 heterocycles. The smallest absolute Gasteiger partial charge is 0.462 e. The Morgan fingerprint density at radius 1 is 0.288 bits per heavy atom. The molecule has 0 radical (unpaired) electrons. The van der Waals surface area contributed by atoms with Crippen LogP contribution in [0.3, 0.4) is 0 Å². The molecule has 0 spiro atoms. The predicted octanol–water partition coefficient (Wildman–Crippen LogP) is 23.2. The molecule has 5 unspecified atom stereocenters. The Hall–Kier alpha value is -5.32. The topological polar surface area (TPSA) is 237 Å². The van der Waals surface area contributed by atoms with E-state index in [0.29, 0.717) is 25.7 Å². The molecule has 0 bridgehead atoms. The van der Waals surface area contributed by atoms with E-state index >= 15 is 0 Å². The largest absolute Gasteiger partial charge is 0.472 e. The SMILES string of the molecule is CC/C=C\C/C=C\C/C=C\C/C=C\C/C=C\CC(=O)OCC(COP(=O)(O)OCC(O)COP(=O)(O)OCC(COC(=O)CCCCCCCC/C=C\C/C=C\C/C=C\C/C=C\CC)OC(=O)CCCCCCC/C=C\C/C=C\C/C=C\CC)OC(=O)CCCCCCC/C=C\CCCCCCCC. The molecule has 0 amide bonds. The first-order valence-corrected chi connectivity index (χ1v) is 42.7. The summed E-state index contributed by atoms with van der Waals surface area (Å²) < 4.78 is 68.5. The summed E-state index contributed by atoms with van der Waals surface area (Å²) in [6.45, 7) is 4.37. The molecule has 104 heavy (non-hydrogen) atoms. The van der Waals surface area contributed by atoms with Crippen molar-refractivity contribution in [1.29, 1.82) is 0 Å². The second kappa shape index (κ2) is 75.9. The lowest BCUT2D eigenvalue weighted by Gasteiger charge is -2.21. The predicted molar refractivity (Wildman–Crippen MR) is 427 cm³/mol. The van der Waals surface area contributed by atoms with Gasteiger partial charge in [0.1, 0.15) is 19.3 Å². The molecule has 0 aromatic carbocycles. The summed E-state index contributed by atoms with van der Waals surface area (Å²) in [5, 5.41) is 10.6. The highest BCUT2D eigenvalue weighted by Gasteiger charge is 2.30. The summed E-state index contributed by atoms with van der Waals surface area (Å²) in [6, 6.07) is 0. The molecule has 0 aromatic rings. The molecular formula is C85H140O17P2. The van der Waals surface area contributed by atoms with Gasteiger partial charge < -0.3 is 33.8 Å². The molecular weight excluding hydrogens is 1350 g/mol. The van der Waals surface area contributed by atoms with Crippen LogP contribution < -0.4 is 0 Å². The van der Waals surface area contributed by atoms with Crippen molar-refractivity contribution in [1.82, 2.24) is 0 Å². The number of carbonyl (C=O) groups excluding carboxylic acids is 4. The number of aliphatic hydroxyl groups excluding tert-OH is 1. The molecule has 0 aliphatic rings. The van der Waals surface area contributed by atoms with Crippen LogP contribution in [0, 0.1) is 0 Å². The lowest BCUT2D eigenvalue weighted by atomic mass is 10.1. The Morgan fingerprint density at radius 2 is 0.538 bits per heavy atom. The van der Waals surface area contributed by atoms with Gasteiger partial charge >= 0.3 is 39.5 Å². The van der Waals surface area contributed by atoms with Gasteiger partial charge in [0.05, 0.1) is 32.8 Å². The van der Waals surface area contributed by atoms with E-state index in [1.165, 1.54) is 38.5 Å². The van der Waals surface area contributed by atoms with Gasteiger partial charge in [-0.05, 0) is 148 Å². The molecule has 0 aliphatic carbocycles. The lowest BCUT2D eigenvalue weighted by Crippen LogP contribution is -2.30. The molecule has 19 heteroatoms. The number of rotatable bonds is 73. The Kier molecular flexibility index (Phi) is 72.0. The number of unbranched alkanes of at least 4 members (excludes halogenated alkanes) is 22. The molecule has 0 saturated carbocycles. The molecule has 592 valence electrons. The van der Waals surface area contributed by atoms with E-state index in [4.69, 9.17) is 37.0 Å². The van der Waals surface area contributed by atoms with Gasteiger partial charge in [0.25, 0.3) is 0 Å². The average molecular weight is 1500 g/mol. The van der Waals surface area contributed by atoms with Gasteiger partial charge in [0.2, 0.25) is 0 Å². The van der Waals surface area contributed by atoms with Crippen LogP contribution in [0.5, 0.6) is 0 Å². The van der Waals surface area contributed by atoms with Gasteiger partial charge in [0, 0.05) is 19.3 Å². The van der Waals surface area contributed by atoms with Crippen LogP contribution in [0.25, 0.3) is 0 Å². The third-order valence-corrected chi connectivity index (χ3v) is 17.9. The first-order chi connectivity index (χ1) is 50.7. The van der Waals surface area contributed by atoms with Crippen LogP contribution in [0.4, 0.5) is 0 Å². The number of ether oxygens (including phenoxy) is 4. The quantitative estimate of drug-likeness (QED) is 0.0169. The number of hydrogen-bond donors (Lipinski definition) is 3. The number of phosphoric ester groups is 2. The highest BCUT2D eigenvalue weighted by molar-refractivity contribution is 7.47. The number of carbonyl (C=O) groups is 4. The molecule has 17 nitrogen and oxygen atoms in total. The minimum absolute atomic E-state index is 0.0612. The highest BCUT2D eigenvalue weighted by atomic mass is 31.2. The van der Waals surface area contributed by atoms with E-state index in [1.807, 2.05) is 18.2 Å². The van der Waals surface area contributed by atoms with Crippen LogP contribution in [-0.4, -0.2) is 96.7 Å². The fourth-order valence-electron chi connectivity index (χ4n) is 10.1. The standard InChI is InChI=1S/C85H140O17P2/c1-5-9-13-17-21-25-29-33-37-38-39-40-44-46-50-54-58-62-66-70-83(88)96-76-81(102-85(90)72-68-64-60-56-52-48-43-36-32-28-24-20-16-12-8-4)78-100-104(93,94)98-74-79(86)73-97-103(91,92)99-77-80(101-84(89)71-67-63-59-55-51-47-42-35-31-27-23-19-15-11-7-3)75-95-82(87)69-65-61-57-53-49-45-41-34-30-26-22-18-14-10-6-2/h9-10,12-14,16,21-22,24-26,28,33-37,39-43,49,53,61,65,79-81,86H,5-8,11,15,17-20,23,27,29-32,38,44-48,50-52,54-60,62-64,66-78H2,1-4H3,(H,91,92)(H,93,94)/b13-9-,14-10-,16-12-,25-21-,26-22-,28-24-,37-33-,40-39-,41-34-,42-35-,43-36-,53-49-,65-61-. The highest BCUT2D eigenvalue weighted by Crippen LogP contribution is 2.45. The zero-order valence-corrected chi connectivity index (χ0v) is 66.4. The minimum Gasteiger partial charge on any atom is -0.462 e. The normalized spacial score (nSPS) is 14.7. The summed E-state index contributed by atoms with van der Waals surface area (Å²) in [5.74, 6) is -2.37. The summed E-state index contributed by atoms with van der Waals surface area (Å²) in [5.41, 5.74) is 0. The van der Waals surface area contributed by atoms with Crippen LogP contribution in [0.15, 0.2) is 158 Å². The Bertz CT molecular complexity index is 2590. The molecule has 0 aromatic heterocycles. The van der Waals surface area contributed by atoms with E-state index in [9.17, 15) is 43.2 Å². The van der Waals surface area contributed by atoms with Crippen molar-refractivity contribution < 1.29 is 80.2 Å². The fourth-order valence-corrected chi connectivity index (χ4v) is 11.6. The first kappa shape index (κ1) is 98.7. The van der Waals surface area contributed by atoms with E-state index in [1.54, 1.807) is 6.08 Å². The molecule has 0 fully saturated rings. The third kappa shape index (κ3) is 74.9. The van der Waals surface area contributed by atoms with E-state index in [2.05, 4.69) is 161 Å². The minimum atomic E-state index is -5.00. The first-order valence-electron chi connectivity index (χ1n) is 39.7. The van der Waals surface area contributed by atoms with Crippen molar-refractivity contribution in [3.63, 3.8) is 0 Å². The van der Waals surface area contributed by atoms with E-state index in [0.717, 1.165) is 180 Å². The van der Waals surface area contributed by atoms with Gasteiger partial charge in [-0.1, -0.05) is 282 Å². The zero-order valence-electron chi connectivity index (χ0n) is 64.6. The fraction of sp³-hybridized carbons (Fsp3) is 0.647. The Labute approximate surface area is 629 Å². The van der Waals surface area contributed by atoms with E-state index < -0.39 is 97.5 Å². The van der Waals surface area contributed by atoms with Gasteiger partial charge in [0.15, 0.2) is 12.2 Å². The third-order valence-electron chi connectivity index (χ3n) is 16.0. The van der Waals surface area contributed by atoms with Crippen molar-refractivity contribution in [2.75, 3.05) is 39.6 Å². The maximum Gasteiger partial charge on any atom is 0.472 e. The number of phosphoric acid groups is 2. The van der Waals surface area contributed by atoms with Crippen molar-refractivity contribution in [3.8, 4) is 0 Å². The molecule has 3 N–H and O–H groups in total. The Morgan fingerprint density at radius 3 is 0.865 bits per heavy atom. The van der Waals surface area contributed by atoms with Crippen LogP contribution in [0.1, 0.15) is 297 Å². The maximum atomic E-state index is 13.1. The Balaban J connectivity index is 5.46. The maximum absolute atomic E-state index is 13.1. The molecule has 0 aliphatic heterocycles. The monoisotopic (exact) mass is 1490 g/mol. The van der Waals surface area contributed by atoms with E-state index in [-0.39, 0.29) is 25.7 Å². The number of allylic oxidation sites excluding steroid dienone is 25. The van der Waals surface area contributed by atoms with Crippen molar-refractivity contribution in [3.05, 3.63) is 158 Å². The number of hydrogen-bond acceptors (Lipinski definition) is 15. The lowest BCUT2D eigenvalue weighted by molar-refractivity contribution is -0.161. The van der Waals surface area contributed by atoms with Crippen molar-refractivity contribution >= 4 is 39.5 Å². The summed E-state index contributed by atoms with van der Waals surface area (Å²) >= 11 is 0. The van der Waals surface area contributed by atoms with Gasteiger partial charge in [-0.25, -0.2) is 9.13 Å². The van der Waals surface area contributed by atoms with Crippen molar-refractivity contribution in [2.45, 2.75) is 316 Å². The van der Waals surface area contributed by atoms with Crippen molar-refractivity contribution in [2.24, 2.45) is 0 Å². The van der Waals surface area contributed by atoms with Gasteiger partial charge in [-0.3, -0.25) is 37.3 Å². The molecule has 0 rings (SSSR count). The number of esters is 4. The zero-order chi connectivity index (χ0) is 76.0. The second-order valence-electron chi connectivity index (χ2n) is 25.9. The van der Waals surface area contributed by atoms with Crippen LogP contribution in [0.2, 0.25) is 0 Å². The summed E-state index contributed by atoms with van der Waals surface area (Å²) in [7, 11) is -10.0. The average Bonchev–Trinajstić information content (AvgIpc) is 0.912. The molecule has 5 atom stereocenters. The summed E-state index contributed by atoms with van der Waals surface area (Å²) in [6.07, 6.45) is 88.2. The molecule has 0 saturated heterocycles. The van der Waals surface area contributed by atoms with Crippen LogP contribution in [-0.2, 0) is 65.4 Å². The van der Waals surface area contributed by atoms with Crippen LogP contribution >= 0.6 is 15.6 Å². The number of aliphatic hydroxyl groups is 1. The van der Waals surface area contributed by atoms with Gasteiger partial charge in [-0.2, -0.15) is 0 Å².